The van der Waals surface area contributed by atoms with Crippen molar-refractivity contribution in [2.75, 3.05) is 12.3 Å². The third-order valence-electron chi connectivity index (χ3n) is 2.89. The summed E-state index contributed by atoms with van der Waals surface area (Å²) in [5, 5.41) is 12.0. The van der Waals surface area contributed by atoms with Gasteiger partial charge in [0.1, 0.15) is 11.6 Å². The van der Waals surface area contributed by atoms with E-state index < -0.39 is 15.7 Å². The zero-order valence-corrected chi connectivity index (χ0v) is 14.0. The number of rotatable bonds is 6. The van der Waals surface area contributed by atoms with Gasteiger partial charge in [0, 0.05) is 11.6 Å². The van der Waals surface area contributed by atoms with Crippen molar-refractivity contribution in [2.24, 2.45) is 0 Å². The van der Waals surface area contributed by atoms with Gasteiger partial charge in [0.2, 0.25) is 0 Å². The van der Waals surface area contributed by atoms with E-state index in [2.05, 4.69) is 5.32 Å². The van der Waals surface area contributed by atoms with E-state index in [0.29, 0.717) is 11.6 Å². The van der Waals surface area contributed by atoms with E-state index in [-0.39, 0.29) is 21.8 Å². The van der Waals surface area contributed by atoms with E-state index in [4.69, 9.17) is 16.9 Å². The van der Waals surface area contributed by atoms with Crippen molar-refractivity contribution in [3.63, 3.8) is 0 Å². The van der Waals surface area contributed by atoms with Gasteiger partial charge < -0.3 is 5.32 Å². The molecule has 0 saturated carbocycles. The van der Waals surface area contributed by atoms with E-state index >= 15 is 0 Å². The number of carbonyl (C=O) groups excluding carboxylic acids is 1. The van der Waals surface area contributed by atoms with Gasteiger partial charge in [-0.2, -0.15) is 5.26 Å². The second-order valence-electron chi connectivity index (χ2n) is 4.51. The van der Waals surface area contributed by atoms with Gasteiger partial charge in [-0.1, -0.05) is 25.4 Å². The Morgan fingerprint density at radius 1 is 1.41 bits per heavy atom. The topological polar surface area (TPSA) is 87.0 Å². The smallest absolute Gasteiger partial charge is 0.261 e. The molecule has 7 heteroatoms. The average molecular weight is 341 g/mol. The first-order valence-electron chi connectivity index (χ1n) is 6.78. The van der Waals surface area contributed by atoms with Crippen LogP contribution >= 0.6 is 11.6 Å². The summed E-state index contributed by atoms with van der Waals surface area (Å²) in [6, 6.07) is 6.06. The Labute approximate surface area is 135 Å². The van der Waals surface area contributed by atoms with Crippen molar-refractivity contribution in [3.8, 4) is 6.07 Å². The lowest BCUT2D eigenvalue weighted by Crippen LogP contribution is -2.25. The SMILES string of the molecule is CCCNC(=O)/C(C#N)=C/c1cc(Cl)ccc1S(=O)(=O)CC. The van der Waals surface area contributed by atoms with Crippen LogP contribution in [0.2, 0.25) is 5.02 Å². The van der Waals surface area contributed by atoms with E-state index in [1.165, 1.54) is 31.2 Å². The molecule has 1 aromatic carbocycles. The molecule has 0 aliphatic carbocycles. The van der Waals surface area contributed by atoms with Crippen LogP contribution in [0.3, 0.4) is 0 Å². The highest BCUT2D eigenvalue weighted by Crippen LogP contribution is 2.24. The summed E-state index contributed by atoms with van der Waals surface area (Å²) in [5.74, 6) is -0.622. The summed E-state index contributed by atoms with van der Waals surface area (Å²) < 4.78 is 24.2. The number of nitrogens with one attached hydrogen (secondary N) is 1. The molecule has 0 spiro atoms. The summed E-state index contributed by atoms with van der Waals surface area (Å²) in [7, 11) is -3.49. The van der Waals surface area contributed by atoms with Crippen LogP contribution in [0.25, 0.3) is 6.08 Å². The van der Waals surface area contributed by atoms with Gasteiger partial charge >= 0.3 is 0 Å². The fraction of sp³-hybridized carbons (Fsp3) is 0.333. The molecule has 0 aromatic heterocycles. The van der Waals surface area contributed by atoms with Gasteiger partial charge in [-0.05, 0) is 36.3 Å². The molecule has 0 heterocycles. The maximum atomic E-state index is 12.1. The molecule has 0 fully saturated rings. The average Bonchev–Trinajstić information content (AvgIpc) is 2.50. The molecule has 0 radical (unpaired) electrons. The molecule has 1 rings (SSSR count). The Morgan fingerprint density at radius 2 is 2.09 bits per heavy atom. The fourth-order valence-electron chi connectivity index (χ4n) is 1.71. The monoisotopic (exact) mass is 340 g/mol. The summed E-state index contributed by atoms with van der Waals surface area (Å²) in [4.78, 5) is 11.9. The quantitative estimate of drug-likeness (QED) is 0.637. The third-order valence-corrected chi connectivity index (χ3v) is 4.92. The molecule has 5 nitrogen and oxygen atoms in total. The van der Waals surface area contributed by atoms with Crippen LogP contribution in [0.5, 0.6) is 0 Å². The molecule has 1 aromatic rings. The second kappa shape index (κ2) is 7.97. The predicted molar refractivity (Wildman–Crippen MR) is 86.1 cm³/mol. The normalized spacial score (nSPS) is 11.8. The summed E-state index contributed by atoms with van der Waals surface area (Å²) in [5.41, 5.74) is 0.0702. The van der Waals surface area contributed by atoms with E-state index in [1.807, 2.05) is 6.92 Å². The summed E-state index contributed by atoms with van der Waals surface area (Å²) >= 11 is 5.89. The van der Waals surface area contributed by atoms with E-state index in [0.717, 1.165) is 6.42 Å². The number of carbonyl (C=O) groups is 1. The minimum absolute atomic E-state index is 0.0513. The predicted octanol–water partition coefficient (Wildman–Crippen LogP) is 2.57. The van der Waals surface area contributed by atoms with Crippen LogP contribution in [-0.4, -0.2) is 26.6 Å². The van der Waals surface area contributed by atoms with Crippen LogP contribution in [0.1, 0.15) is 25.8 Å². The summed E-state index contributed by atoms with van der Waals surface area (Å²) in [6.45, 7) is 3.85. The Morgan fingerprint density at radius 3 is 2.64 bits per heavy atom. The van der Waals surface area contributed by atoms with Crippen LogP contribution in [-0.2, 0) is 14.6 Å². The minimum atomic E-state index is -3.49. The van der Waals surface area contributed by atoms with Gasteiger partial charge in [0.15, 0.2) is 9.84 Å². The molecular formula is C15H17ClN2O3S. The molecular weight excluding hydrogens is 324 g/mol. The van der Waals surface area contributed by atoms with Crippen molar-refractivity contribution in [3.05, 3.63) is 34.4 Å². The number of nitriles is 1. The maximum Gasteiger partial charge on any atom is 0.261 e. The molecule has 118 valence electrons. The summed E-state index contributed by atoms with van der Waals surface area (Å²) in [6.07, 6.45) is 1.98. The highest BCUT2D eigenvalue weighted by Gasteiger charge is 2.17. The lowest BCUT2D eigenvalue weighted by Gasteiger charge is -2.08. The number of halogens is 1. The zero-order valence-electron chi connectivity index (χ0n) is 12.4. The van der Waals surface area contributed by atoms with E-state index in [1.54, 1.807) is 6.07 Å². The Balaban J connectivity index is 3.36. The molecule has 0 aliphatic rings. The first kappa shape index (κ1) is 18.2. The Bertz CT molecular complexity index is 734. The largest absolute Gasteiger partial charge is 0.351 e. The maximum absolute atomic E-state index is 12.1. The van der Waals surface area contributed by atoms with Crippen molar-refractivity contribution in [1.82, 2.24) is 5.32 Å². The van der Waals surface area contributed by atoms with Crippen molar-refractivity contribution in [1.29, 1.82) is 5.26 Å². The minimum Gasteiger partial charge on any atom is -0.351 e. The number of sulfone groups is 1. The molecule has 0 bridgehead atoms. The fourth-order valence-corrected chi connectivity index (χ4v) is 2.95. The van der Waals surface area contributed by atoms with Gasteiger partial charge in [0.05, 0.1) is 10.6 Å². The van der Waals surface area contributed by atoms with Crippen molar-refractivity contribution in [2.45, 2.75) is 25.2 Å². The lowest BCUT2D eigenvalue weighted by molar-refractivity contribution is -0.117. The van der Waals surface area contributed by atoms with Crippen LogP contribution in [0.4, 0.5) is 0 Å². The van der Waals surface area contributed by atoms with Crippen LogP contribution in [0.15, 0.2) is 28.7 Å². The lowest BCUT2D eigenvalue weighted by atomic mass is 10.1. The molecule has 0 atom stereocenters. The molecule has 0 aliphatic heterocycles. The first-order chi connectivity index (χ1) is 10.4. The Kier molecular flexibility index (Phi) is 6.60. The zero-order chi connectivity index (χ0) is 16.8. The van der Waals surface area contributed by atoms with Crippen molar-refractivity contribution >= 4 is 33.4 Å². The highest BCUT2D eigenvalue weighted by atomic mass is 35.5. The Hall–Kier alpha value is -1.84. The van der Waals surface area contributed by atoms with Gasteiger partial charge in [-0.15, -0.1) is 0 Å². The second-order valence-corrected chi connectivity index (χ2v) is 7.19. The van der Waals surface area contributed by atoms with Crippen LogP contribution < -0.4 is 5.32 Å². The number of nitrogens with zero attached hydrogens (tertiary/aromatic N) is 1. The molecule has 22 heavy (non-hydrogen) atoms. The van der Waals surface area contributed by atoms with Crippen molar-refractivity contribution < 1.29 is 13.2 Å². The standard InChI is InChI=1S/C15H17ClN2O3S/c1-3-7-18-15(19)12(10-17)8-11-9-13(16)5-6-14(11)22(20,21)4-2/h5-6,8-9H,3-4,7H2,1-2H3,(H,18,19)/b12-8+. The third kappa shape index (κ3) is 4.58. The van der Waals surface area contributed by atoms with Gasteiger partial charge in [0.25, 0.3) is 5.91 Å². The van der Waals surface area contributed by atoms with Gasteiger partial charge in [-0.25, -0.2) is 8.42 Å². The molecule has 1 N–H and O–H groups in total. The van der Waals surface area contributed by atoms with Crippen LogP contribution in [0, 0.1) is 11.3 Å². The number of benzene rings is 1. The number of amides is 1. The number of hydrogen-bond donors (Lipinski definition) is 1. The van der Waals surface area contributed by atoms with E-state index in [9.17, 15) is 13.2 Å². The molecule has 0 unspecified atom stereocenters. The molecule has 1 amide bonds. The van der Waals surface area contributed by atoms with Gasteiger partial charge in [-0.3, -0.25) is 4.79 Å². The molecule has 0 saturated heterocycles. The number of hydrogen-bond acceptors (Lipinski definition) is 4. The first-order valence-corrected chi connectivity index (χ1v) is 8.81. The highest BCUT2D eigenvalue weighted by molar-refractivity contribution is 7.91.